The van der Waals surface area contributed by atoms with Gasteiger partial charge in [0.15, 0.2) is 5.69 Å². The van der Waals surface area contributed by atoms with Crippen LogP contribution in [-0.4, -0.2) is 35.9 Å². The first kappa shape index (κ1) is 13.3. The van der Waals surface area contributed by atoms with Crippen molar-refractivity contribution < 1.29 is 9.90 Å². The van der Waals surface area contributed by atoms with Crippen LogP contribution in [0.3, 0.4) is 0 Å². The molecule has 0 aliphatic carbocycles. The number of carboxylic acid groups (broad SMARTS) is 1. The lowest BCUT2D eigenvalue weighted by atomic mass is 10.1. The molecule has 0 saturated heterocycles. The molecule has 0 aliphatic heterocycles. The van der Waals surface area contributed by atoms with Crippen LogP contribution in [0.15, 0.2) is 12.4 Å². The molecule has 102 valence electrons. The second-order valence-corrected chi connectivity index (χ2v) is 4.90. The van der Waals surface area contributed by atoms with E-state index >= 15 is 0 Å². The highest BCUT2D eigenvalue weighted by Crippen LogP contribution is 2.22. The van der Waals surface area contributed by atoms with Gasteiger partial charge in [0, 0.05) is 25.4 Å². The fourth-order valence-corrected chi connectivity index (χ4v) is 1.82. The van der Waals surface area contributed by atoms with Gasteiger partial charge < -0.3 is 5.11 Å². The summed E-state index contributed by atoms with van der Waals surface area (Å²) in [5, 5.41) is 20.9. The molecule has 0 aromatic carbocycles. The molecule has 0 radical (unpaired) electrons. The van der Waals surface area contributed by atoms with Gasteiger partial charge in [-0.1, -0.05) is 19.1 Å². The maximum atomic E-state index is 11.2. The van der Waals surface area contributed by atoms with Crippen molar-refractivity contribution in [3.8, 4) is 11.3 Å². The zero-order valence-electron chi connectivity index (χ0n) is 11.2. The molecule has 7 nitrogen and oxygen atoms in total. The summed E-state index contributed by atoms with van der Waals surface area (Å²) in [7, 11) is 1.78. The Morgan fingerprint density at radius 3 is 2.74 bits per heavy atom. The van der Waals surface area contributed by atoms with Gasteiger partial charge >= 0.3 is 5.97 Å². The summed E-state index contributed by atoms with van der Waals surface area (Å²) in [6.45, 7) is 4.86. The lowest BCUT2D eigenvalue weighted by Gasteiger charge is -2.07. The van der Waals surface area contributed by atoms with Crippen LogP contribution < -0.4 is 0 Å². The molecule has 1 N–H and O–H groups in total. The Kier molecular flexibility index (Phi) is 3.64. The Morgan fingerprint density at radius 2 is 2.21 bits per heavy atom. The highest BCUT2D eigenvalue weighted by Gasteiger charge is 2.21. The number of aromatic nitrogens is 5. The third kappa shape index (κ3) is 2.81. The number of carbonyl (C=O) groups is 1. The zero-order valence-corrected chi connectivity index (χ0v) is 11.2. The van der Waals surface area contributed by atoms with E-state index in [1.54, 1.807) is 28.8 Å². The van der Waals surface area contributed by atoms with E-state index in [0.717, 1.165) is 6.42 Å². The summed E-state index contributed by atoms with van der Waals surface area (Å²) < 4.78 is 3.27. The molecule has 0 spiro atoms. The molecule has 0 amide bonds. The molecule has 2 heterocycles. The van der Waals surface area contributed by atoms with Crippen molar-refractivity contribution in [3.63, 3.8) is 0 Å². The van der Waals surface area contributed by atoms with Gasteiger partial charge in [-0.05, 0) is 12.3 Å². The molecular weight excluding hydrogens is 246 g/mol. The normalized spacial score (nSPS) is 11.2. The fourth-order valence-electron chi connectivity index (χ4n) is 1.82. The summed E-state index contributed by atoms with van der Waals surface area (Å²) in [5.74, 6) is -0.561. The van der Waals surface area contributed by atoms with E-state index < -0.39 is 5.97 Å². The van der Waals surface area contributed by atoms with E-state index in [0.29, 0.717) is 23.7 Å². The SMILES string of the molecule is CC(C)CCn1nnc(C(=O)O)c1-c1cnn(C)c1. The fraction of sp³-hybridized carbons (Fsp3) is 0.500. The Morgan fingerprint density at radius 1 is 1.47 bits per heavy atom. The molecular formula is C12H17N5O2. The smallest absolute Gasteiger partial charge is 0.358 e. The molecule has 0 aliphatic rings. The Labute approximate surface area is 110 Å². The van der Waals surface area contributed by atoms with Crippen LogP contribution in [0.5, 0.6) is 0 Å². The Balaban J connectivity index is 2.42. The van der Waals surface area contributed by atoms with E-state index in [2.05, 4.69) is 29.3 Å². The standard InChI is InChI=1S/C12H17N5O2/c1-8(2)4-5-17-11(9-6-13-16(3)7-9)10(12(18)19)14-15-17/h6-8H,4-5H2,1-3H3,(H,18,19). The number of hydrogen-bond donors (Lipinski definition) is 1. The third-order valence-electron chi connectivity index (χ3n) is 2.83. The number of aryl methyl sites for hydroxylation is 2. The van der Waals surface area contributed by atoms with Gasteiger partial charge in [-0.25, -0.2) is 9.48 Å². The number of rotatable bonds is 5. The molecule has 2 rings (SSSR count). The summed E-state index contributed by atoms with van der Waals surface area (Å²) >= 11 is 0. The van der Waals surface area contributed by atoms with Crippen molar-refractivity contribution in [1.29, 1.82) is 0 Å². The lowest BCUT2D eigenvalue weighted by molar-refractivity contribution is 0.0691. The minimum atomic E-state index is -1.07. The number of aromatic carboxylic acids is 1. The van der Waals surface area contributed by atoms with E-state index in [1.807, 2.05) is 0 Å². The number of hydrogen-bond acceptors (Lipinski definition) is 4. The van der Waals surface area contributed by atoms with Crippen molar-refractivity contribution in [2.45, 2.75) is 26.8 Å². The molecule has 2 aromatic heterocycles. The minimum Gasteiger partial charge on any atom is -0.476 e. The molecule has 0 bridgehead atoms. The first-order valence-electron chi connectivity index (χ1n) is 6.15. The first-order chi connectivity index (χ1) is 8.99. The highest BCUT2D eigenvalue weighted by molar-refractivity contribution is 5.92. The predicted octanol–water partition coefficient (Wildman–Crippen LogP) is 1.42. The monoisotopic (exact) mass is 263 g/mol. The topological polar surface area (TPSA) is 85.8 Å². The van der Waals surface area contributed by atoms with Crippen LogP contribution in [0.25, 0.3) is 11.3 Å². The molecule has 7 heteroatoms. The molecule has 0 atom stereocenters. The van der Waals surface area contributed by atoms with Gasteiger partial charge in [0.1, 0.15) is 5.69 Å². The maximum absolute atomic E-state index is 11.2. The van der Waals surface area contributed by atoms with Crippen LogP contribution in [-0.2, 0) is 13.6 Å². The van der Waals surface area contributed by atoms with Gasteiger partial charge in [0.05, 0.1) is 6.20 Å². The maximum Gasteiger partial charge on any atom is 0.358 e. The van der Waals surface area contributed by atoms with E-state index in [-0.39, 0.29) is 5.69 Å². The molecule has 0 fully saturated rings. The van der Waals surface area contributed by atoms with Gasteiger partial charge in [0.2, 0.25) is 0 Å². The van der Waals surface area contributed by atoms with E-state index in [4.69, 9.17) is 0 Å². The summed E-state index contributed by atoms with van der Waals surface area (Å²) in [4.78, 5) is 11.2. The summed E-state index contributed by atoms with van der Waals surface area (Å²) in [6.07, 6.45) is 4.30. The second kappa shape index (κ2) is 5.21. The lowest BCUT2D eigenvalue weighted by Crippen LogP contribution is -2.06. The Bertz CT molecular complexity index is 585. The first-order valence-corrected chi connectivity index (χ1v) is 6.15. The van der Waals surface area contributed by atoms with E-state index in [1.165, 1.54) is 0 Å². The second-order valence-electron chi connectivity index (χ2n) is 4.90. The summed E-state index contributed by atoms with van der Waals surface area (Å²) in [6, 6.07) is 0. The number of nitrogens with zero attached hydrogens (tertiary/aromatic N) is 5. The van der Waals surface area contributed by atoms with Crippen molar-refractivity contribution in [2.75, 3.05) is 0 Å². The average molecular weight is 263 g/mol. The third-order valence-corrected chi connectivity index (χ3v) is 2.83. The van der Waals surface area contributed by atoms with Crippen molar-refractivity contribution >= 4 is 5.97 Å². The van der Waals surface area contributed by atoms with Crippen LogP contribution in [0.1, 0.15) is 30.8 Å². The van der Waals surface area contributed by atoms with Crippen molar-refractivity contribution in [3.05, 3.63) is 18.1 Å². The van der Waals surface area contributed by atoms with Gasteiger partial charge in [-0.3, -0.25) is 4.68 Å². The van der Waals surface area contributed by atoms with Crippen LogP contribution >= 0.6 is 0 Å². The zero-order chi connectivity index (χ0) is 14.0. The molecule has 2 aromatic rings. The Hall–Kier alpha value is -2.18. The van der Waals surface area contributed by atoms with Crippen LogP contribution in [0, 0.1) is 5.92 Å². The largest absolute Gasteiger partial charge is 0.476 e. The number of carboxylic acids is 1. The predicted molar refractivity (Wildman–Crippen MR) is 68.6 cm³/mol. The summed E-state index contributed by atoms with van der Waals surface area (Å²) in [5.41, 5.74) is 1.20. The minimum absolute atomic E-state index is 0.0308. The average Bonchev–Trinajstić information content (AvgIpc) is 2.91. The van der Waals surface area contributed by atoms with Gasteiger partial charge in [-0.2, -0.15) is 5.10 Å². The van der Waals surface area contributed by atoms with Gasteiger partial charge in [-0.15, -0.1) is 5.10 Å². The molecule has 19 heavy (non-hydrogen) atoms. The van der Waals surface area contributed by atoms with Crippen molar-refractivity contribution in [2.24, 2.45) is 13.0 Å². The van der Waals surface area contributed by atoms with Crippen LogP contribution in [0.4, 0.5) is 0 Å². The molecule has 0 unspecified atom stereocenters. The highest BCUT2D eigenvalue weighted by atomic mass is 16.4. The van der Waals surface area contributed by atoms with E-state index in [9.17, 15) is 9.90 Å². The van der Waals surface area contributed by atoms with Crippen LogP contribution in [0.2, 0.25) is 0 Å². The van der Waals surface area contributed by atoms with Crippen molar-refractivity contribution in [1.82, 2.24) is 24.8 Å². The quantitative estimate of drug-likeness (QED) is 0.881. The molecule has 0 saturated carbocycles. The van der Waals surface area contributed by atoms with Gasteiger partial charge in [0.25, 0.3) is 0 Å².